The number of imidazole rings is 1. The Hall–Kier alpha value is -4.13. The number of amides is 3. The number of hydrogen-bond donors (Lipinski definition) is 4. The van der Waals surface area contributed by atoms with Crippen molar-refractivity contribution in [2.45, 2.75) is 0 Å². The maximum Gasteiger partial charge on any atom is 0.316 e. The molecule has 4 aromatic rings. The molecule has 7 nitrogen and oxygen atoms in total. The van der Waals surface area contributed by atoms with Crippen molar-refractivity contribution in [3.05, 3.63) is 78.4 Å². The minimum atomic E-state index is -0.653. The summed E-state index contributed by atoms with van der Waals surface area (Å²) in [5.41, 5.74) is 9.43. The Morgan fingerprint density at radius 1 is 0.857 bits per heavy atom. The first-order chi connectivity index (χ1) is 13.6. The number of nitrogens with zero attached hydrogens (tertiary/aromatic N) is 1. The number of carbonyl (C=O) groups excluding carboxylic acids is 2. The Labute approximate surface area is 160 Å². The summed E-state index contributed by atoms with van der Waals surface area (Å²) < 4.78 is 0. The molecule has 1 heterocycles. The van der Waals surface area contributed by atoms with Crippen LogP contribution in [0.25, 0.3) is 22.4 Å². The second-order valence-corrected chi connectivity index (χ2v) is 6.20. The van der Waals surface area contributed by atoms with Gasteiger partial charge in [0.15, 0.2) is 0 Å². The van der Waals surface area contributed by atoms with Crippen molar-refractivity contribution < 1.29 is 9.59 Å². The van der Waals surface area contributed by atoms with E-state index in [1.165, 1.54) is 0 Å². The third kappa shape index (κ3) is 3.68. The van der Waals surface area contributed by atoms with E-state index in [0.29, 0.717) is 16.9 Å². The Morgan fingerprint density at radius 3 is 2.39 bits per heavy atom. The van der Waals surface area contributed by atoms with Gasteiger partial charge in [-0.15, -0.1) is 0 Å². The van der Waals surface area contributed by atoms with Crippen molar-refractivity contribution in [3.8, 4) is 11.4 Å². The molecule has 4 rings (SSSR count). The number of nitrogens with one attached hydrogen (secondary N) is 3. The molecule has 0 unspecified atom stereocenters. The molecule has 3 aromatic carbocycles. The number of fused-ring (bicyclic) bond motifs is 1. The van der Waals surface area contributed by atoms with Crippen molar-refractivity contribution in [2.75, 3.05) is 10.6 Å². The van der Waals surface area contributed by atoms with Gasteiger partial charge >= 0.3 is 6.03 Å². The minimum Gasteiger partial charge on any atom is -0.351 e. The molecule has 0 aliphatic rings. The molecule has 3 amide bonds. The van der Waals surface area contributed by atoms with E-state index in [0.717, 1.165) is 22.4 Å². The Bertz CT molecular complexity index is 1130. The first-order valence-electron chi connectivity index (χ1n) is 8.61. The summed E-state index contributed by atoms with van der Waals surface area (Å²) in [4.78, 5) is 31.2. The summed E-state index contributed by atoms with van der Waals surface area (Å²) in [6.45, 7) is 0. The van der Waals surface area contributed by atoms with Gasteiger partial charge in [-0.1, -0.05) is 24.3 Å². The molecule has 5 N–H and O–H groups in total. The Kier molecular flexibility index (Phi) is 4.47. The predicted molar refractivity (Wildman–Crippen MR) is 109 cm³/mol. The van der Waals surface area contributed by atoms with Gasteiger partial charge in [0.1, 0.15) is 5.82 Å². The number of benzene rings is 3. The fourth-order valence-corrected chi connectivity index (χ4v) is 2.88. The molecule has 0 aliphatic carbocycles. The first-order valence-corrected chi connectivity index (χ1v) is 8.61. The molecule has 1 aromatic heterocycles. The summed E-state index contributed by atoms with van der Waals surface area (Å²) in [7, 11) is 0. The van der Waals surface area contributed by atoms with Crippen molar-refractivity contribution in [2.24, 2.45) is 5.73 Å². The van der Waals surface area contributed by atoms with Crippen LogP contribution in [-0.2, 0) is 0 Å². The van der Waals surface area contributed by atoms with E-state index in [1.54, 1.807) is 24.3 Å². The van der Waals surface area contributed by atoms with Gasteiger partial charge in [-0.2, -0.15) is 0 Å². The monoisotopic (exact) mass is 371 g/mol. The van der Waals surface area contributed by atoms with Gasteiger partial charge in [-0.05, 0) is 48.5 Å². The highest BCUT2D eigenvalue weighted by Crippen LogP contribution is 2.23. The SMILES string of the molecule is NC(=O)Nc1ccc(C(=O)Nc2cccc(-c3nc4ccccc4[nH]3)c2)cc1. The highest BCUT2D eigenvalue weighted by molar-refractivity contribution is 6.04. The molecule has 0 atom stereocenters. The molecule has 28 heavy (non-hydrogen) atoms. The van der Waals surface area contributed by atoms with Crippen LogP contribution in [-0.4, -0.2) is 21.9 Å². The number of primary amides is 1. The highest BCUT2D eigenvalue weighted by Gasteiger charge is 2.09. The van der Waals surface area contributed by atoms with Gasteiger partial charge < -0.3 is 21.4 Å². The highest BCUT2D eigenvalue weighted by atomic mass is 16.2. The lowest BCUT2D eigenvalue weighted by molar-refractivity contribution is 0.102. The van der Waals surface area contributed by atoms with E-state index in [1.807, 2.05) is 48.5 Å². The molecule has 0 bridgehead atoms. The number of aromatic nitrogens is 2. The number of para-hydroxylation sites is 2. The van der Waals surface area contributed by atoms with Crippen LogP contribution in [0.5, 0.6) is 0 Å². The maximum atomic E-state index is 12.5. The second-order valence-electron chi connectivity index (χ2n) is 6.20. The number of H-pyrrole nitrogens is 1. The van der Waals surface area contributed by atoms with Crippen LogP contribution in [0, 0.1) is 0 Å². The molecule has 0 saturated heterocycles. The normalized spacial score (nSPS) is 10.6. The molecular weight excluding hydrogens is 354 g/mol. The van der Waals surface area contributed by atoms with Crippen LogP contribution < -0.4 is 16.4 Å². The Morgan fingerprint density at radius 2 is 1.64 bits per heavy atom. The van der Waals surface area contributed by atoms with Crippen LogP contribution >= 0.6 is 0 Å². The van der Waals surface area contributed by atoms with Crippen LogP contribution in [0.15, 0.2) is 72.8 Å². The standard InChI is InChI=1S/C21H17N5O2/c22-21(28)24-15-10-8-13(9-11-15)20(27)23-16-5-3-4-14(12-16)19-25-17-6-1-2-7-18(17)26-19/h1-12H,(H,23,27)(H,25,26)(H3,22,24,28). The first kappa shape index (κ1) is 17.3. The van der Waals surface area contributed by atoms with Crippen LogP contribution in [0.3, 0.4) is 0 Å². The molecule has 0 radical (unpaired) electrons. The average Bonchev–Trinajstić information content (AvgIpc) is 3.12. The summed E-state index contributed by atoms with van der Waals surface area (Å²) in [6.07, 6.45) is 0. The second kappa shape index (κ2) is 7.24. The summed E-state index contributed by atoms with van der Waals surface area (Å²) in [5, 5.41) is 5.32. The summed E-state index contributed by atoms with van der Waals surface area (Å²) in [5.74, 6) is 0.478. The lowest BCUT2D eigenvalue weighted by Crippen LogP contribution is -2.19. The van der Waals surface area contributed by atoms with Crippen LogP contribution in [0.4, 0.5) is 16.2 Å². The van der Waals surface area contributed by atoms with Gasteiger partial charge in [0.2, 0.25) is 0 Å². The number of urea groups is 1. The maximum absolute atomic E-state index is 12.5. The number of carbonyl (C=O) groups is 2. The van der Waals surface area contributed by atoms with Crippen LogP contribution in [0.2, 0.25) is 0 Å². The molecule has 0 aliphatic heterocycles. The fraction of sp³-hybridized carbons (Fsp3) is 0. The summed E-state index contributed by atoms with van der Waals surface area (Å²) in [6, 6.07) is 21.1. The van der Waals surface area contributed by atoms with Crippen molar-refractivity contribution >= 4 is 34.3 Å². The van der Waals surface area contributed by atoms with Gasteiger partial charge in [-0.25, -0.2) is 9.78 Å². The van der Waals surface area contributed by atoms with E-state index in [9.17, 15) is 9.59 Å². The lowest BCUT2D eigenvalue weighted by Gasteiger charge is -2.08. The fourth-order valence-electron chi connectivity index (χ4n) is 2.88. The average molecular weight is 371 g/mol. The zero-order valence-electron chi connectivity index (χ0n) is 14.8. The molecule has 7 heteroatoms. The molecule has 138 valence electrons. The zero-order valence-corrected chi connectivity index (χ0v) is 14.8. The zero-order chi connectivity index (χ0) is 19.5. The topological polar surface area (TPSA) is 113 Å². The van der Waals surface area contributed by atoms with Gasteiger partial charge in [0, 0.05) is 22.5 Å². The molecule has 0 fully saturated rings. The predicted octanol–water partition coefficient (Wildman–Crippen LogP) is 3.97. The van der Waals surface area contributed by atoms with E-state index < -0.39 is 6.03 Å². The van der Waals surface area contributed by atoms with Crippen molar-refractivity contribution in [3.63, 3.8) is 0 Å². The van der Waals surface area contributed by atoms with Gasteiger partial charge in [-0.3, -0.25) is 4.79 Å². The number of anilines is 2. The number of nitrogens with two attached hydrogens (primary N) is 1. The minimum absolute atomic E-state index is 0.257. The largest absolute Gasteiger partial charge is 0.351 e. The third-order valence-electron chi connectivity index (χ3n) is 4.20. The quantitative estimate of drug-likeness (QED) is 0.435. The van der Waals surface area contributed by atoms with Gasteiger partial charge in [0.25, 0.3) is 5.91 Å². The smallest absolute Gasteiger partial charge is 0.316 e. The lowest BCUT2D eigenvalue weighted by atomic mass is 10.1. The van der Waals surface area contributed by atoms with Crippen LogP contribution in [0.1, 0.15) is 10.4 Å². The molecule has 0 saturated carbocycles. The number of aromatic amines is 1. The van der Waals surface area contributed by atoms with E-state index in [2.05, 4.69) is 20.6 Å². The molecular formula is C21H17N5O2. The van der Waals surface area contributed by atoms with Crippen molar-refractivity contribution in [1.82, 2.24) is 9.97 Å². The Balaban J connectivity index is 1.53. The number of hydrogen-bond acceptors (Lipinski definition) is 3. The van der Waals surface area contributed by atoms with E-state index in [4.69, 9.17) is 5.73 Å². The van der Waals surface area contributed by atoms with E-state index in [-0.39, 0.29) is 5.91 Å². The van der Waals surface area contributed by atoms with Gasteiger partial charge in [0.05, 0.1) is 11.0 Å². The molecule has 0 spiro atoms. The third-order valence-corrected chi connectivity index (χ3v) is 4.20. The summed E-state index contributed by atoms with van der Waals surface area (Å²) >= 11 is 0. The van der Waals surface area contributed by atoms with Crippen molar-refractivity contribution in [1.29, 1.82) is 0 Å². The van der Waals surface area contributed by atoms with E-state index >= 15 is 0 Å². The number of rotatable bonds is 4.